The fourth-order valence-electron chi connectivity index (χ4n) is 2.09. The molecule has 110 valence electrons. The predicted octanol–water partition coefficient (Wildman–Crippen LogP) is 2.60. The molecular weight excluding hydrogens is 304 g/mol. The summed E-state index contributed by atoms with van der Waals surface area (Å²) in [6.07, 6.45) is 1.57. The van der Waals surface area contributed by atoms with Crippen molar-refractivity contribution in [3.8, 4) is 23.1 Å². The maximum atomic E-state index is 9.63. The third kappa shape index (κ3) is 2.01. The van der Waals surface area contributed by atoms with Gasteiger partial charge in [0, 0.05) is 11.0 Å². The van der Waals surface area contributed by atoms with Crippen LogP contribution in [0.2, 0.25) is 0 Å². The summed E-state index contributed by atoms with van der Waals surface area (Å²) in [5.41, 5.74) is 4.66. The monoisotopic (exact) mass is 314 g/mol. The Balaban J connectivity index is 1.71. The Labute approximate surface area is 128 Å². The van der Waals surface area contributed by atoms with E-state index in [2.05, 4.69) is 15.6 Å². The highest BCUT2D eigenvalue weighted by Crippen LogP contribution is 2.34. The SMILES string of the molecule is Oc1ccc(C2=CSc3nnc(-c4ccco4)n3N2)cc1O. The van der Waals surface area contributed by atoms with Crippen LogP contribution in [0.4, 0.5) is 0 Å². The Kier molecular flexibility index (Phi) is 2.83. The lowest BCUT2D eigenvalue weighted by Gasteiger charge is -2.18. The van der Waals surface area contributed by atoms with Gasteiger partial charge < -0.3 is 14.6 Å². The van der Waals surface area contributed by atoms with E-state index in [0.717, 1.165) is 11.3 Å². The zero-order chi connectivity index (χ0) is 15.1. The van der Waals surface area contributed by atoms with Gasteiger partial charge in [0.25, 0.3) is 0 Å². The minimum Gasteiger partial charge on any atom is -0.504 e. The van der Waals surface area contributed by atoms with Crippen molar-refractivity contribution in [2.75, 3.05) is 5.43 Å². The molecule has 0 fully saturated rings. The van der Waals surface area contributed by atoms with Crippen molar-refractivity contribution in [3.05, 3.63) is 47.6 Å². The summed E-state index contributed by atoms with van der Waals surface area (Å²) >= 11 is 1.40. The average molecular weight is 314 g/mol. The number of rotatable bonds is 2. The summed E-state index contributed by atoms with van der Waals surface area (Å²) in [5, 5.41) is 29.8. The number of hydrogen-bond acceptors (Lipinski definition) is 7. The largest absolute Gasteiger partial charge is 0.504 e. The van der Waals surface area contributed by atoms with Gasteiger partial charge in [-0.2, -0.15) is 0 Å². The van der Waals surface area contributed by atoms with Gasteiger partial charge in [0.15, 0.2) is 17.3 Å². The number of phenols is 2. The first-order valence-corrected chi connectivity index (χ1v) is 7.26. The summed E-state index contributed by atoms with van der Waals surface area (Å²) in [6, 6.07) is 8.20. The Morgan fingerprint density at radius 3 is 2.82 bits per heavy atom. The molecule has 2 aromatic heterocycles. The van der Waals surface area contributed by atoms with E-state index in [0.29, 0.717) is 16.7 Å². The second-order valence-corrected chi connectivity index (χ2v) is 5.42. The number of furan rings is 1. The second kappa shape index (κ2) is 4.85. The van der Waals surface area contributed by atoms with Crippen LogP contribution < -0.4 is 5.43 Å². The molecule has 7 nitrogen and oxygen atoms in total. The van der Waals surface area contributed by atoms with Crippen molar-refractivity contribution < 1.29 is 14.6 Å². The molecule has 0 saturated carbocycles. The maximum absolute atomic E-state index is 9.63. The summed E-state index contributed by atoms with van der Waals surface area (Å²) in [7, 11) is 0. The molecule has 1 aliphatic rings. The zero-order valence-electron chi connectivity index (χ0n) is 11.1. The molecule has 0 unspecified atom stereocenters. The molecule has 0 radical (unpaired) electrons. The number of nitrogens with zero attached hydrogens (tertiary/aromatic N) is 3. The number of hydrogen-bond donors (Lipinski definition) is 3. The summed E-state index contributed by atoms with van der Waals surface area (Å²) in [4.78, 5) is 0. The normalized spacial score (nSPS) is 13.4. The number of nitrogens with one attached hydrogen (secondary N) is 1. The molecule has 3 heterocycles. The molecule has 0 saturated heterocycles. The number of fused-ring (bicyclic) bond motifs is 1. The van der Waals surface area contributed by atoms with Crippen LogP contribution in [0.15, 0.2) is 51.6 Å². The van der Waals surface area contributed by atoms with Crippen LogP contribution in [0.3, 0.4) is 0 Å². The number of aromatic nitrogens is 3. The Morgan fingerprint density at radius 1 is 1.14 bits per heavy atom. The molecule has 3 N–H and O–H groups in total. The first kappa shape index (κ1) is 12.8. The molecule has 22 heavy (non-hydrogen) atoms. The van der Waals surface area contributed by atoms with E-state index < -0.39 is 0 Å². The van der Waals surface area contributed by atoms with Crippen molar-refractivity contribution in [3.63, 3.8) is 0 Å². The van der Waals surface area contributed by atoms with E-state index in [1.54, 1.807) is 29.1 Å². The average Bonchev–Trinajstić information content (AvgIpc) is 3.17. The van der Waals surface area contributed by atoms with E-state index in [9.17, 15) is 10.2 Å². The van der Waals surface area contributed by atoms with Crippen molar-refractivity contribution in [1.82, 2.24) is 14.9 Å². The Bertz CT molecular complexity index is 870. The van der Waals surface area contributed by atoms with Crippen LogP contribution in [0.5, 0.6) is 11.5 Å². The van der Waals surface area contributed by atoms with E-state index in [1.165, 1.54) is 23.9 Å². The molecule has 4 rings (SSSR count). The molecule has 1 aliphatic heterocycles. The summed E-state index contributed by atoms with van der Waals surface area (Å²) < 4.78 is 7.07. The lowest BCUT2D eigenvalue weighted by molar-refractivity contribution is 0.403. The Morgan fingerprint density at radius 2 is 2.05 bits per heavy atom. The minimum atomic E-state index is -0.175. The first-order chi connectivity index (χ1) is 10.7. The highest BCUT2D eigenvalue weighted by molar-refractivity contribution is 8.02. The minimum absolute atomic E-state index is 0.158. The van der Waals surface area contributed by atoms with E-state index in [-0.39, 0.29) is 11.5 Å². The standard InChI is InChI=1S/C14H10N4O3S/c19-10-4-3-8(6-11(10)20)9-7-22-14-16-15-13(18(14)17-9)12-2-1-5-21-12/h1-7,17,19-20H. The Hall–Kier alpha value is -2.87. The molecule has 8 heteroatoms. The number of phenolic OH excluding ortho intramolecular Hbond substituents is 2. The molecule has 0 atom stereocenters. The molecule has 0 aliphatic carbocycles. The number of aromatic hydroxyl groups is 2. The topological polar surface area (TPSA) is 96.3 Å². The molecule has 3 aromatic rings. The van der Waals surface area contributed by atoms with Crippen LogP contribution in [-0.4, -0.2) is 25.1 Å². The van der Waals surface area contributed by atoms with E-state index >= 15 is 0 Å². The first-order valence-electron chi connectivity index (χ1n) is 6.38. The predicted molar refractivity (Wildman–Crippen MR) is 80.7 cm³/mol. The van der Waals surface area contributed by atoms with Gasteiger partial charge in [-0.15, -0.1) is 10.2 Å². The quantitative estimate of drug-likeness (QED) is 0.626. The number of benzene rings is 1. The van der Waals surface area contributed by atoms with Gasteiger partial charge in [0.1, 0.15) is 0 Å². The summed E-state index contributed by atoms with van der Waals surface area (Å²) in [5.74, 6) is 0.822. The lowest BCUT2D eigenvalue weighted by Crippen LogP contribution is -2.18. The maximum Gasteiger partial charge on any atom is 0.219 e. The van der Waals surface area contributed by atoms with Gasteiger partial charge in [-0.25, -0.2) is 4.68 Å². The van der Waals surface area contributed by atoms with Gasteiger partial charge in [-0.1, -0.05) is 11.8 Å². The van der Waals surface area contributed by atoms with Gasteiger partial charge in [-0.05, 0) is 30.3 Å². The van der Waals surface area contributed by atoms with Crippen LogP contribution in [0.25, 0.3) is 17.3 Å². The van der Waals surface area contributed by atoms with E-state index in [4.69, 9.17) is 4.42 Å². The van der Waals surface area contributed by atoms with Gasteiger partial charge >= 0.3 is 0 Å². The third-order valence-electron chi connectivity index (χ3n) is 3.18. The van der Waals surface area contributed by atoms with Crippen molar-refractivity contribution in [1.29, 1.82) is 0 Å². The summed E-state index contributed by atoms with van der Waals surface area (Å²) in [6.45, 7) is 0. The van der Waals surface area contributed by atoms with Crippen LogP contribution in [0, 0.1) is 0 Å². The lowest BCUT2D eigenvalue weighted by atomic mass is 10.1. The number of thioether (sulfide) groups is 1. The van der Waals surface area contributed by atoms with Gasteiger partial charge in [0.2, 0.25) is 11.0 Å². The van der Waals surface area contributed by atoms with Crippen LogP contribution >= 0.6 is 11.8 Å². The second-order valence-electron chi connectivity index (χ2n) is 4.58. The van der Waals surface area contributed by atoms with Crippen molar-refractivity contribution in [2.24, 2.45) is 0 Å². The zero-order valence-corrected chi connectivity index (χ0v) is 11.9. The fraction of sp³-hybridized carbons (Fsp3) is 0. The van der Waals surface area contributed by atoms with Crippen molar-refractivity contribution >= 4 is 17.5 Å². The fourth-order valence-corrected chi connectivity index (χ4v) is 2.83. The molecular formula is C14H10N4O3S. The molecule has 0 spiro atoms. The van der Waals surface area contributed by atoms with E-state index in [1.807, 2.05) is 5.41 Å². The van der Waals surface area contributed by atoms with Gasteiger partial charge in [0.05, 0.1) is 12.0 Å². The highest BCUT2D eigenvalue weighted by atomic mass is 32.2. The van der Waals surface area contributed by atoms with Crippen LogP contribution in [0.1, 0.15) is 5.56 Å². The highest BCUT2D eigenvalue weighted by Gasteiger charge is 2.21. The van der Waals surface area contributed by atoms with Crippen LogP contribution in [-0.2, 0) is 0 Å². The smallest absolute Gasteiger partial charge is 0.219 e. The van der Waals surface area contributed by atoms with Crippen molar-refractivity contribution in [2.45, 2.75) is 5.16 Å². The third-order valence-corrected chi connectivity index (χ3v) is 4.00. The van der Waals surface area contributed by atoms with Gasteiger partial charge in [-0.3, -0.25) is 5.43 Å². The molecule has 0 bridgehead atoms. The molecule has 1 aromatic carbocycles. The molecule has 0 amide bonds.